The summed E-state index contributed by atoms with van der Waals surface area (Å²) in [6.45, 7) is 0.686. The van der Waals surface area contributed by atoms with Crippen molar-refractivity contribution in [3.63, 3.8) is 0 Å². The molecule has 0 aliphatic carbocycles. The van der Waals surface area contributed by atoms with Crippen molar-refractivity contribution in [2.45, 2.75) is 25.6 Å². The number of nitrogens with zero attached hydrogens (tertiary/aromatic N) is 1. The maximum Gasteiger partial charge on any atom is 0.247 e. The lowest BCUT2D eigenvalue weighted by Gasteiger charge is -2.31. The Bertz CT molecular complexity index is 1210. The van der Waals surface area contributed by atoms with Crippen molar-refractivity contribution in [1.29, 1.82) is 0 Å². The number of ether oxygens (including phenoxy) is 1. The molecule has 5 nitrogen and oxygen atoms in total. The van der Waals surface area contributed by atoms with Crippen molar-refractivity contribution >= 4 is 23.2 Å². The van der Waals surface area contributed by atoms with Crippen LogP contribution in [0.4, 0.5) is 0 Å². The molecule has 0 aliphatic heterocycles. The molecule has 178 valence electrons. The molecular formula is C29H28N2O3S. The fraction of sp³-hybridized carbons (Fsp3) is 0.172. The summed E-state index contributed by atoms with van der Waals surface area (Å²) in [6, 6.07) is 29.9. The summed E-state index contributed by atoms with van der Waals surface area (Å²) in [4.78, 5) is 29.9. The molecule has 0 saturated heterocycles. The van der Waals surface area contributed by atoms with Gasteiger partial charge in [0.1, 0.15) is 11.8 Å². The first-order valence-corrected chi connectivity index (χ1v) is 12.3. The van der Waals surface area contributed by atoms with Gasteiger partial charge in [-0.05, 0) is 40.3 Å². The maximum absolute atomic E-state index is 13.7. The number of hydrogen-bond donors (Lipinski definition) is 1. The van der Waals surface area contributed by atoms with E-state index in [1.165, 1.54) is 11.3 Å². The first-order valence-electron chi connectivity index (χ1n) is 11.5. The molecule has 35 heavy (non-hydrogen) atoms. The van der Waals surface area contributed by atoms with Gasteiger partial charge in [-0.1, -0.05) is 78.9 Å². The van der Waals surface area contributed by atoms with Crippen LogP contribution in [0.15, 0.2) is 102 Å². The highest BCUT2D eigenvalue weighted by Crippen LogP contribution is 2.26. The molecule has 2 amide bonds. The Morgan fingerprint density at radius 2 is 1.54 bits per heavy atom. The van der Waals surface area contributed by atoms with Crippen molar-refractivity contribution < 1.29 is 14.3 Å². The molecule has 1 N–H and O–H groups in total. The van der Waals surface area contributed by atoms with Crippen LogP contribution >= 0.6 is 11.3 Å². The number of rotatable bonds is 10. The molecular weight excluding hydrogens is 456 g/mol. The van der Waals surface area contributed by atoms with Gasteiger partial charge >= 0.3 is 0 Å². The summed E-state index contributed by atoms with van der Waals surface area (Å²) >= 11 is 1.54. The predicted octanol–water partition coefficient (Wildman–Crippen LogP) is 5.39. The smallest absolute Gasteiger partial charge is 0.247 e. The highest BCUT2D eigenvalue weighted by atomic mass is 32.1. The number of methoxy groups -OCH3 is 1. The van der Waals surface area contributed by atoms with Crippen LogP contribution in [0.5, 0.6) is 5.75 Å². The minimum atomic E-state index is -0.769. The second-order valence-electron chi connectivity index (χ2n) is 8.14. The number of thiophene rings is 1. The monoisotopic (exact) mass is 484 g/mol. The van der Waals surface area contributed by atoms with Gasteiger partial charge < -0.3 is 15.0 Å². The van der Waals surface area contributed by atoms with Crippen LogP contribution in [0.25, 0.3) is 0 Å². The summed E-state index contributed by atoms with van der Waals surface area (Å²) in [5.74, 6) is 0.422. The quantitative estimate of drug-likeness (QED) is 0.329. The third-order valence-electron chi connectivity index (χ3n) is 5.72. The molecule has 1 atom stereocenters. The summed E-state index contributed by atoms with van der Waals surface area (Å²) < 4.78 is 5.28. The summed E-state index contributed by atoms with van der Waals surface area (Å²) in [7, 11) is 1.62. The lowest BCUT2D eigenvalue weighted by atomic mass is 10.0. The molecule has 0 unspecified atom stereocenters. The molecule has 4 aromatic rings. The van der Waals surface area contributed by atoms with Crippen molar-refractivity contribution in [3.8, 4) is 5.75 Å². The molecule has 0 saturated carbocycles. The van der Waals surface area contributed by atoms with Gasteiger partial charge in [-0.3, -0.25) is 9.59 Å². The zero-order valence-corrected chi connectivity index (χ0v) is 20.4. The average Bonchev–Trinajstić information content (AvgIpc) is 3.42. The first-order chi connectivity index (χ1) is 17.1. The third-order valence-corrected chi connectivity index (χ3v) is 6.60. The Hall–Kier alpha value is -3.90. The van der Waals surface area contributed by atoms with Crippen LogP contribution in [-0.4, -0.2) is 23.8 Å². The number of nitrogens with one attached hydrogen (secondary N) is 1. The minimum Gasteiger partial charge on any atom is -0.497 e. The lowest BCUT2D eigenvalue weighted by Crippen LogP contribution is -2.43. The van der Waals surface area contributed by atoms with Gasteiger partial charge in [-0.25, -0.2) is 0 Å². The Morgan fingerprint density at radius 1 is 0.857 bits per heavy atom. The van der Waals surface area contributed by atoms with E-state index in [4.69, 9.17) is 4.74 Å². The highest BCUT2D eigenvalue weighted by molar-refractivity contribution is 7.10. The van der Waals surface area contributed by atoms with Gasteiger partial charge in [0.05, 0.1) is 13.5 Å². The van der Waals surface area contributed by atoms with Gasteiger partial charge in [-0.2, -0.15) is 0 Å². The van der Waals surface area contributed by atoms with Crippen molar-refractivity contribution in [2.75, 3.05) is 7.11 Å². The molecule has 0 aliphatic rings. The average molecular weight is 485 g/mol. The number of hydrogen-bond acceptors (Lipinski definition) is 4. The Morgan fingerprint density at radius 3 is 2.17 bits per heavy atom. The van der Waals surface area contributed by atoms with Gasteiger partial charge in [0.25, 0.3) is 0 Å². The Balaban J connectivity index is 1.65. The van der Waals surface area contributed by atoms with E-state index in [0.29, 0.717) is 13.1 Å². The van der Waals surface area contributed by atoms with Crippen LogP contribution in [-0.2, 0) is 29.1 Å². The second kappa shape index (κ2) is 12.0. The Labute approximate surface area is 210 Å². The van der Waals surface area contributed by atoms with Crippen LogP contribution in [0.1, 0.15) is 27.6 Å². The minimum absolute atomic E-state index is 0.105. The van der Waals surface area contributed by atoms with Gasteiger partial charge in [0.15, 0.2) is 0 Å². The van der Waals surface area contributed by atoms with E-state index in [1.54, 1.807) is 12.0 Å². The van der Waals surface area contributed by atoms with E-state index in [1.807, 2.05) is 102 Å². The van der Waals surface area contributed by atoms with E-state index in [-0.39, 0.29) is 18.2 Å². The van der Waals surface area contributed by atoms with E-state index < -0.39 is 6.04 Å². The molecule has 6 heteroatoms. The summed E-state index contributed by atoms with van der Waals surface area (Å²) in [5, 5.41) is 5.00. The number of benzene rings is 3. The standard InChI is InChI=1S/C29H28N2O3S/c1-34-25-16-14-23(15-17-25)21-31(27(32)19-26-13-8-18-35-26)28(24-11-6-3-7-12-24)29(33)30-20-22-9-4-2-5-10-22/h2-18,28H,19-21H2,1H3,(H,30,33)/t28-/m1/s1. The lowest BCUT2D eigenvalue weighted by molar-refractivity contribution is -0.141. The fourth-order valence-corrected chi connectivity index (χ4v) is 4.60. The van der Waals surface area contributed by atoms with E-state index in [2.05, 4.69) is 5.32 Å². The highest BCUT2D eigenvalue weighted by Gasteiger charge is 2.31. The predicted molar refractivity (Wildman–Crippen MR) is 139 cm³/mol. The van der Waals surface area contributed by atoms with Crippen LogP contribution in [0.2, 0.25) is 0 Å². The number of amides is 2. The van der Waals surface area contributed by atoms with Gasteiger partial charge in [-0.15, -0.1) is 11.3 Å². The largest absolute Gasteiger partial charge is 0.497 e. The number of carbonyl (C=O) groups excluding carboxylic acids is 2. The molecule has 1 aromatic heterocycles. The SMILES string of the molecule is COc1ccc(CN(C(=O)Cc2cccs2)[C@@H](C(=O)NCc2ccccc2)c2ccccc2)cc1. The summed E-state index contributed by atoms with van der Waals surface area (Å²) in [5.41, 5.74) is 2.69. The zero-order valence-electron chi connectivity index (χ0n) is 19.6. The van der Waals surface area contributed by atoms with Crippen molar-refractivity contribution in [3.05, 3.63) is 124 Å². The molecule has 3 aromatic carbocycles. The van der Waals surface area contributed by atoms with Gasteiger partial charge in [0, 0.05) is 18.0 Å². The van der Waals surface area contributed by atoms with Gasteiger partial charge in [0.2, 0.25) is 11.8 Å². The Kier molecular flexibility index (Phi) is 8.30. The molecule has 4 rings (SSSR count). The summed E-state index contributed by atoms with van der Waals surface area (Å²) in [6.07, 6.45) is 0.239. The molecule has 1 heterocycles. The zero-order chi connectivity index (χ0) is 24.5. The topological polar surface area (TPSA) is 58.6 Å². The maximum atomic E-state index is 13.7. The second-order valence-corrected chi connectivity index (χ2v) is 9.17. The van der Waals surface area contributed by atoms with E-state index in [0.717, 1.165) is 27.3 Å². The van der Waals surface area contributed by atoms with Crippen LogP contribution < -0.4 is 10.1 Å². The number of carbonyl (C=O) groups is 2. The molecule has 0 radical (unpaired) electrons. The van der Waals surface area contributed by atoms with Crippen molar-refractivity contribution in [1.82, 2.24) is 10.2 Å². The third kappa shape index (κ3) is 6.58. The molecule has 0 fully saturated rings. The molecule has 0 bridgehead atoms. The van der Waals surface area contributed by atoms with E-state index in [9.17, 15) is 9.59 Å². The van der Waals surface area contributed by atoms with E-state index >= 15 is 0 Å². The van der Waals surface area contributed by atoms with Crippen LogP contribution in [0, 0.1) is 0 Å². The fourth-order valence-electron chi connectivity index (χ4n) is 3.90. The molecule has 0 spiro atoms. The van der Waals surface area contributed by atoms with Crippen molar-refractivity contribution in [2.24, 2.45) is 0 Å². The first kappa shape index (κ1) is 24.2. The normalized spacial score (nSPS) is 11.5. The van der Waals surface area contributed by atoms with Crippen LogP contribution in [0.3, 0.4) is 0 Å².